The Morgan fingerprint density at radius 2 is 1.48 bits per heavy atom. The number of nitrogens with two attached hydrogens (primary N) is 1. The summed E-state index contributed by atoms with van der Waals surface area (Å²) in [5.41, 5.74) is 7.13. The lowest BCUT2D eigenvalue weighted by molar-refractivity contribution is -0.135. The minimum Gasteiger partial charge on any atom is -0.506 e. The van der Waals surface area contributed by atoms with E-state index in [1.165, 1.54) is 0 Å². The van der Waals surface area contributed by atoms with Gasteiger partial charge in [0.15, 0.2) is 0 Å². The third kappa shape index (κ3) is 8.48. The van der Waals surface area contributed by atoms with E-state index in [1.54, 1.807) is 12.1 Å². The lowest BCUT2D eigenvalue weighted by Gasteiger charge is -2.06. The second-order valence-electron chi connectivity index (χ2n) is 5.48. The molecule has 0 amide bonds. The van der Waals surface area contributed by atoms with Crippen LogP contribution >= 0.6 is 0 Å². The van der Waals surface area contributed by atoms with Crippen molar-refractivity contribution in [3.63, 3.8) is 0 Å². The number of benzene rings is 1. The van der Waals surface area contributed by atoms with E-state index in [9.17, 15) is 18.3 Å². The van der Waals surface area contributed by atoms with E-state index in [4.69, 9.17) is 5.73 Å². The number of phenolic OH excluding ortho intramolecular Hbond substituents is 1. The lowest BCUT2D eigenvalue weighted by atomic mass is 10.0. The zero-order valence-electron chi connectivity index (χ0n) is 12.3. The van der Waals surface area contributed by atoms with Crippen molar-refractivity contribution < 1.29 is 18.3 Å². The molecule has 1 rings (SSSR count). The molecule has 0 aliphatic rings. The average molecular weight is 303 g/mol. The van der Waals surface area contributed by atoms with E-state index in [0.717, 1.165) is 44.1 Å². The summed E-state index contributed by atoms with van der Waals surface area (Å²) in [6.45, 7) is 0. The Labute approximate surface area is 124 Å². The van der Waals surface area contributed by atoms with Crippen molar-refractivity contribution in [2.45, 2.75) is 64.0 Å². The van der Waals surface area contributed by atoms with E-state index in [-0.39, 0.29) is 12.2 Å². The van der Waals surface area contributed by atoms with Crippen LogP contribution in [0.15, 0.2) is 18.2 Å². The van der Waals surface area contributed by atoms with Crippen molar-refractivity contribution in [3.8, 4) is 5.75 Å². The van der Waals surface area contributed by atoms with Crippen LogP contribution in [0, 0.1) is 0 Å². The number of halogens is 3. The largest absolute Gasteiger partial charge is 0.506 e. The zero-order chi connectivity index (χ0) is 15.7. The van der Waals surface area contributed by atoms with Crippen LogP contribution in [0.1, 0.15) is 56.9 Å². The summed E-state index contributed by atoms with van der Waals surface area (Å²) in [6.07, 6.45) is 2.19. The first-order valence-corrected chi connectivity index (χ1v) is 7.52. The van der Waals surface area contributed by atoms with Gasteiger partial charge in [-0.25, -0.2) is 0 Å². The molecule has 0 saturated carbocycles. The minimum atomic E-state index is -4.01. The molecule has 1 aromatic rings. The first kappa shape index (κ1) is 17.7. The van der Waals surface area contributed by atoms with Gasteiger partial charge < -0.3 is 10.8 Å². The van der Waals surface area contributed by atoms with Crippen LogP contribution in [-0.4, -0.2) is 11.3 Å². The summed E-state index contributed by atoms with van der Waals surface area (Å²) in [6, 6.07) is 5.25. The number of hydrogen-bond acceptors (Lipinski definition) is 2. The van der Waals surface area contributed by atoms with Crippen molar-refractivity contribution in [1.29, 1.82) is 0 Å². The second-order valence-corrected chi connectivity index (χ2v) is 5.48. The van der Waals surface area contributed by atoms with Crippen molar-refractivity contribution in [2.24, 2.45) is 0 Å². The molecule has 0 saturated heterocycles. The number of unbranched alkanes of at least 4 members (excludes halogenated alkanes) is 6. The van der Waals surface area contributed by atoms with Gasteiger partial charge in [0.1, 0.15) is 5.75 Å². The van der Waals surface area contributed by atoms with Gasteiger partial charge in [-0.2, -0.15) is 13.2 Å². The Hall–Kier alpha value is -1.39. The Balaban J connectivity index is 1.98. The molecule has 0 fully saturated rings. The van der Waals surface area contributed by atoms with Gasteiger partial charge in [0.25, 0.3) is 0 Å². The molecule has 1 aromatic carbocycles. The van der Waals surface area contributed by atoms with Gasteiger partial charge in [-0.15, -0.1) is 0 Å². The van der Waals surface area contributed by atoms with Gasteiger partial charge in [-0.3, -0.25) is 0 Å². The fraction of sp³-hybridized carbons (Fsp3) is 0.625. The smallest absolute Gasteiger partial charge is 0.389 e. The number of hydrogen-bond donors (Lipinski definition) is 2. The third-order valence-corrected chi connectivity index (χ3v) is 3.52. The number of aryl methyl sites for hydroxylation is 1. The summed E-state index contributed by atoms with van der Waals surface area (Å²) in [7, 11) is 0. The molecule has 120 valence electrons. The second kappa shape index (κ2) is 8.80. The van der Waals surface area contributed by atoms with Gasteiger partial charge in [-0.1, -0.05) is 38.2 Å². The van der Waals surface area contributed by atoms with E-state index in [0.29, 0.717) is 12.1 Å². The van der Waals surface area contributed by atoms with Crippen molar-refractivity contribution in [1.82, 2.24) is 0 Å². The average Bonchev–Trinajstić information content (AvgIpc) is 2.39. The first-order valence-electron chi connectivity index (χ1n) is 7.52. The molecule has 0 heterocycles. The molecule has 0 spiro atoms. The summed E-state index contributed by atoms with van der Waals surface area (Å²) in [5.74, 6) is 0.109. The monoisotopic (exact) mass is 303 g/mol. The summed E-state index contributed by atoms with van der Waals surface area (Å²) in [4.78, 5) is 0. The number of anilines is 1. The van der Waals surface area contributed by atoms with Crippen LogP contribution in [-0.2, 0) is 6.42 Å². The number of alkyl halides is 3. The molecule has 0 aliphatic heterocycles. The highest BCUT2D eigenvalue weighted by Gasteiger charge is 2.25. The highest BCUT2D eigenvalue weighted by Crippen LogP contribution is 2.23. The van der Waals surface area contributed by atoms with E-state index in [2.05, 4.69) is 0 Å². The van der Waals surface area contributed by atoms with E-state index >= 15 is 0 Å². The molecule has 2 nitrogen and oxygen atoms in total. The molecule has 0 unspecified atom stereocenters. The maximum atomic E-state index is 11.9. The summed E-state index contributed by atoms with van der Waals surface area (Å²) in [5, 5.41) is 9.31. The number of aromatic hydroxyl groups is 1. The summed E-state index contributed by atoms with van der Waals surface area (Å²) >= 11 is 0. The maximum Gasteiger partial charge on any atom is 0.389 e. The van der Waals surface area contributed by atoms with Gasteiger partial charge in [0.2, 0.25) is 0 Å². The Morgan fingerprint density at radius 3 is 2.05 bits per heavy atom. The van der Waals surface area contributed by atoms with Gasteiger partial charge in [0.05, 0.1) is 5.69 Å². The molecule has 0 atom stereocenters. The van der Waals surface area contributed by atoms with Crippen LogP contribution in [0.3, 0.4) is 0 Å². The molecule has 0 radical (unpaired) electrons. The van der Waals surface area contributed by atoms with Gasteiger partial charge in [0, 0.05) is 6.42 Å². The van der Waals surface area contributed by atoms with Crippen molar-refractivity contribution >= 4 is 5.69 Å². The number of phenols is 1. The first-order chi connectivity index (χ1) is 9.88. The molecule has 5 heteroatoms. The number of nitrogen functional groups attached to an aromatic ring is 1. The molecule has 0 aromatic heterocycles. The molecule has 0 bridgehead atoms. The predicted molar refractivity (Wildman–Crippen MR) is 79.2 cm³/mol. The van der Waals surface area contributed by atoms with Crippen molar-refractivity contribution in [2.75, 3.05) is 5.73 Å². The van der Waals surface area contributed by atoms with Crippen LogP contribution < -0.4 is 5.73 Å². The van der Waals surface area contributed by atoms with E-state index in [1.807, 2.05) is 6.07 Å². The Kier molecular flexibility index (Phi) is 7.40. The van der Waals surface area contributed by atoms with Crippen LogP contribution in [0.2, 0.25) is 0 Å². The fourth-order valence-electron chi connectivity index (χ4n) is 2.30. The van der Waals surface area contributed by atoms with Crippen LogP contribution in [0.4, 0.5) is 18.9 Å². The zero-order valence-corrected chi connectivity index (χ0v) is 12.3. The molecular formula is C16H24F3NO. The third-order valence-electron chi connectivity index (χ3n) is 3.52. The quantitative estimate of drug-likeness (QED) is 0.374. The standard InChI is InChI=1S/C16H24F3NO/c17-16(18,19)11-7-5-3-1-2-4-6-8-13-9-10-15(21)14(20)12-13/h9-10,12,21H,1-8,11,20H2. The fourth-order valence-corrected chi connectivity index (χ4v) is 2.30. The highest BCUT2D eigenvalue weighted by molar-refractivity contribution is 5.53. The summed E-state index contributed by atoms with van der Waals surface area (Å²) < 4.78 is 35.8. The molecule has 3 N–H and O–H groups in total. The van der Waals surface area contributed by atoms with Crippen molar-refractivity contribution in [3.05, 3.63) is 23.8 Å². The predicted octanol–water partition coefficient (Wildman–Crippen LogP) is 5.20. The highest BCUT2D eigenvalue weighted by atomic mass is 19.4. The molecular weight excluding hydrogens is 279 g/mol. The van der Waals surface area contributed by atoms with E-state index < -0.39 is 12.6 Å². The normalized spacial score (nSPS) is 11.8. The Bertz CT molecular complexity index is 418. The van der Waals surface area contributed by atoms with Gasteiger partial charge in [-0.05, 0) is 37.0 Å². The molecule has 21 heavy (non-hydrogen) atoms. The maximum absolute atomic E-state index is 11.9. The number of rotatable bonds is 9. The van der Waals surface area contributed by atoms with Crippen LogP contribution in [0.25, 0.3) is 0 Å². The van der Waals surface area contributed by atoms with Crippen LogP contribution in [0.5, 0.6) is 5.75 Å². The minimum absolute atomic E-state index is 0.109. The molecule has 0 aliphatic carbocycles. The Morgan fingerprint density at radius 1 is 0.905 bits per heavy atom. The van der Waals surface area contributed by atoms with Gasteiger partial charge >= 0.3 is 6.18 Å². The lowest BCUT2D eigenvalue weighted by Crippen LogP contribution is -2.06. The topological polar surface area (TPSA) is 46.2 Å². The SMILES string of the molecule is Nc1cc(CCCCCCCCCC(F)(F)F)ccc1O.